The Kier molecular flexibility index (Phi) is 4.52. The van der Waals surface area contributed by atoms with Crippen LogP contribution in [0.5, 0.6) is 0 Å². The van der Waals surface area contributed by atoms with Crippen LogP contribution in [0.15, 0.2) is 36.9 Å². The maximum Gasteiger partial charge on any atom is 0.416 e. The molecule has 1 atom stereocenters. The second kappa shape index (κ2) is 6.17. The van der Waals surface area contributed by atoms with Gasteiger partial charge in [-0.3, -0.25) is 0 Å². The van der Waals surface area contributed by atoms with Crippen molar-refractivity contribution in [2.75, 3.05) is 6.54 Å². The molecule has 21 heavy (non-hydrogen) atoms. The van der Waals surface area contributed by atoms with Gasteiger partial charge in [-0.15, -0.1) is 0 Å². The van der Waals surface area contributed by atoms with Gasteiger partial charge in [0.25, 0.3) is 0 Å². The molecule has 0 spiro atoms. The highest BCUT2D eigenvalue weighted by Crippen LogP contribution is 2.36. The van der Waals surface area contributed by atoms with Gasteiger partial charge in [-0.25, -0.2) is 14.4 Å². The van der Waals surface area contributed by atoms with Crippen LogP contribution in [-0.4, -0.2) is 16.5 Å². The summed E-state index contributed by atoms with van der Waals surface area (Å²) in [6, 6.07) is 1.61. The molecule has 3 nitrogen and oxygen atoms in total. The molecule has 0 aliphatic carbocycles. The molecule has 0 bridgehead atoms. The van der Waals surface area contributed by atoms with Gasteiger partial charge < -0.3 is 5.32 Å². The molecule has 0 saturated heterocycles. The van der Waals surface area contributed by atoms with Gasteiger partial charge in [0.2, 0.25) is 0 Å². The minimum absolute atomic E-state index is 0.181. The Morgan fingerprint density at radius 2 is 1.86 bits per heavy atom. The van der Waals surface area contributed by atoms with Gasteiger partial charge in [-0.1, -0.05) is 6.92 Å². The first-order valence-corrected chi connectivity index (χ1v) is 6.28. The van der Waals surface area contributed by atoms with Crippen molar-refractivity contribution in [2.45, 2.75) is 19.1 Å². The van der Waals surface area contributed by atoms with Crippen LogP contribution in [0.4, 0.5) is 17.6 Å². The molecule has 1 unspecified atom stereocenters. The molecular formula is C14H13F4N3. The summed E-state index contributed by atoms with van der Waals surface area (Å²) in [4.78, 5) is 7.60. The fraction of sp³-hybridized carbons (Fsp3) is 0.286. The lowest BCUT2D eigenvalue weighted by molar-refractivity contribution is -0.138. The van der Waals surface area contributed by atoms with Gasteiger partial charge in [0.15, 0.2) is 0 Å². The molecule has 7 heteroatoms. The van der Waals surface area contributed by atoms with Crippen molar-refractivity contribution in [2.24, 2.45) is 0 Å². The van der Waals surface area contributed by atoms with Crippen molar-refractivity contribution in [1.29, 1.82) is 0 Å². The first kappa shape index (κ1) is 15.4. The standard InChI is InChI=1S/C14H13F4N3/c1-2-21-13(9-6-19-8-20-7-9)11-5-10(15)3-4-12(11)14(16,17)18/h3-8,13,21H,2H2,1H3. The molecule has 2 rings (SSSR count). The predicted molar refractivity (Wildman–Crippen MR) is 69.0 cm³/mol. The van der Waals surface area contributed by atoms with E-state index in [1.807, 2.05) is 0 Å². The van der Waals surface area contributed by atoms with E-state index in [1.54, 1.807) is 6.92 Å². The number of rotatable bonds is 4. The monoisotopic (exact) mass is 299 g/mol. The van der Waals surface area contributed by atoms with Crippen LogP contribution in [0.1, 0.15) is 29.7 Å². The largest absolute Gasteiger partial charge is 0.416 e. The Morgan fingerprint density at radius 3 is 2.43 bits per heavy atom. The summed E-state index contributed by atoms with van der Waals surface area (Å²) in [5.74, 6) is -0.724. The minimum Gasteiger partial charge on any atom is -0.306 e. The molecule has 1 N–H and O–H groups in total. The van der Waals surface area contributed by atoms with E-state index < -0.39 is 23.6 Å². The summed E-state index contributed by atoms with van der Waals surface area (Å²) in [5.41, 5.74) is -0.617. The Hall–Kier alpha value is -2.02. The normalized spacial score (nSPS) is 13.2. The molecule has 0 radical (unpaired) electrons. The van der Waals surface area contributed by atoms with E-state index in [0.717, 1.165) is 18.2 Å². The van der Waals surface area contributed by atoms with Gasteiger partial charge in [-0.2, -0.15) is 13.2 Å². The topological polar surface area (TPSA) is 37.8 Å². The zero-order valence-corrected chi connectivity index (χ0v) is 11.2. The van der Waals surface area contributed by atoms with E-state index in [2.05, 4.69) is 15.3 Å². The number of alkyl halides is 3. The van der Waals surface area contributed by atoms with E-state index in [9.17, 15) is 17.6 Å². The van der Waals surface area contributed by atoms with E-state index in [1.165, 1.54) is 18.7 Å². The average molecular weight is 299 g/mol. The third-order valence-corrected chi connectivity index (χ3v) is 2.95. The lowest BCUT2D eigenvalue weighted by Crippen LogP contribution is -2.25. The number of halogens is 4. The molecule has 0 aliphatic rings. The third kappa shape index (κ3) is 3.55. The molecule has 112 valence electrons. The van der Waals surface area contributed by atoms with Gasteiger partial charge in [0.05, 0.1) is 11.6 Å². The summed E-state index contributed by atoms with van der Waals surface area (Å²) in [6.45, 7) is 2.16. The number of nitrogens with one attached hydrogen (secondary N) is 1. The summed E-state index contributed by atoms with van der Waals surface area (Å²) >= 11 is 0. The second-order valence-electron chi connectivity index (χ2n) is 4.39. The Morgan fingerprint density at radius 1 is 1.19 bits per heavy atom. The maximum atomic E-state index is 13.4. The number of benzene rings is 1. The smallest absolute Gasteiger partial charge is 0.306 e. The maximum absolute atomic E-state index is 13.4. The van der Waals surface area contributed by atoms with E-state index in [0.29, 0.717) is 12.1 Å². The molecule has 0 aliphatic heterocycles. The molecule has 0 saturated carbocycles. The van der Waals surface area contributed by atoms with Gasteiger partial charge in [0, 0.05) is 18.0 Å². The zero-order valence-electron chi connectivity index (χ0n) is 11.2. The number of hydrogen-bond acceptors (Lipinski definition) is 3. The summed E-state index contributed by atoms with van der Waals surface area (Å²) < 4.78 is 52.8. The molecule has 2 aromatic rings. The molecule has 1 aromatic heterocycles. The van der Waals surface area contributed by atoms with Gasteiger partial charge in [0.1, 0.15) is 12.1 Å². The highest BCUT2D eigenvalue weighted by Gasteiger charge is 2.35. The molecule has 1 heterocycles. The van der Waals surface area contributed by atoms with Crippen LogP contribution in [0.3, 0.4) is 0 Å². The lowest BCUT2D eigenvalue weighted by Gasteiger charge is -2.22. The SMILES string of the molecule is CCNC(c1cncnc1)c1cc(F)ccc1C(F)(F)F. The first-order chi connectivity index (χ1) is 9.93. The van der Waals surface area contributed by atoms with E-state index >= 15 is 0 Å². The third-order valence-electron chi connectivity index (χ3n) is 2.95. The molecular weight excluding hydrogens is 286 g/mol. The minimum atomic E-state index is -4.56. The number of hydrogen-bond donors (Lipinski definition) is 1. The highest BCUT2D eigenvalue weighted by atomic mass is 19.4. The van der Waals surface area contributed by atoms with E-state index in [4.69, 9.17) is 0 Å². The van der Waals surface area contributed by atoms with Crippen molar-refractivity contribution in [3.05, 3.63) is 59.4 Å². The average Bonchev–Trinajstić information content (AvgIpc) is 2.44. The van der Waals surface area contributed by atoms with Crippen molar-refractivity contribution in [3.8, 4) is 0 Å². The summed E-state index contributed by atoms with van der Waals surface area (Å²) in [6.07, 6.45) is -0.466. The van der Waals surface area contributed by atoms with Crippen LogP contribution in [0.25, 0.3) is 0 Å². The fourth-order valence-corrected chi connectivity index (χ4v) is 2.10. The van der Waals surface area contributed by atoms with Crippen LogP contribution in [0, 0.1) is 5.82 Å². The van der Waals surface area contributed by atoms with Crippen molar-refractivity contribution in [3.63, 3.8) is 0 Å². The van der Waals surface area contributed by atoms with E-state index in [-0.39, 0.29) is 5.56 Å². The Bertz CT molecular complexity index is 599. The van der Waals surface area contributed by atoms with Crippen molar-refractivity contribution in [1.82, 2.24) is 15.3 Å². The Balaban J connectivity index is 2.57. The van der Waals surface area contributed by atoms with Crippen LogP contribution in [0.2, 0.25) is 0 Å². The molecule has 1 aromatic carbocycles. The number of aromatic nitrogens is 2. The summed E-state index contributed by atoms with van der Waals surface area (Å²) in [5, 5.41) is 2.91. The van der Waals surface area contributed by atoms with Crippen LogP contribution >= 0.6 is 0 Å². The van der Waals surface area contributed by atoms with Crippen LogP contribution < -0.4 is 5.32 Å². The van der Waals surface area contributed by atoms with Gasteiger partial charge >= 0.3 is 6.18 Å². The molecule has 0 fully saturated rings. The highest BCUT2D eigenvalue weighted by molar-refractivity contribution is 5.38. The first-order valence-electron chi connectivity index (χ1n) is 6.28. The predicted octanol–water partition coefficient (Wildman–Crippen LogP) is 3.33. The van der Waals surface area contributed by atoms with Crippen molar-refractivity contribution >= 4 is 0 Å². The quantitative estimate of drug-likeness (QED) is 0.880. The molecule has 0 amide bonds. The zero-order chi connectivity index (χ0) is 15.5. The number of nitrogens with zero attached hydrogens (tertiary/aromatic N) is 2. The van der Waals surface area contributed by atoms with Crippen molar-refractivity contribution < 1.29 is 17.6 Å². The van der Waals surface area contributed by atoms with Crippen LogP contribution in [-0.2, 0) is 6.18 Å². The Labute approximate surface area is 119 Å². The summed E-state index contributed by atoms with van der Waals surface area (Å²) in [7, 11) is 0. The fourth-order valence-electron chi connectivity index (χ4n) is 2.10. The van der Waals surface area contributed by atoms with Gasteiger partial charge in [-0.05, 0) is 30.3 Å². The second-order valence-corrected chi connectivity index (χ2v) is 4.39. The lowest BCUT2D eigenvalue weighted by atomic mass is 9.95.